The number of aromatic nitrogens is 1. The van der Waals surface area contributed by atoms with Gasteiger partial charge in [0.05, 0.1) is 35.2 Å². The van der Waals surface area contributed by atoms with Crippen LogP contribution in [-0.2, 0) is 55.3 Å². The average molecular weight is 738 g/mol. The van der Waals surface area contributed by atoms with Crippen molar-refractivity contribution in [2.24, 2.45) is 9.98 Å². The Morgan fingerprint density at radius 2 is 0.800 bits per heavy atom. The molecule has 0 fully saturated rings. The first kappa shape index (κ1) is 45.7. The SMILES string of the molecule is CCCc1cc(CCC)c(N=Cc2cc(Cl)cc(C=Nc3c(CCC)cc(CCC)cc3CCC)n2)c(CCC)c1.[Cl-].[Cl-].[Cl-].[Co+3]. The molecule has 250 valence electrons. The van der Waals surface area contributed by atoms with E-state index in [1.165, 1.54) is 33.4 Å². The average Bonchev–Trinajstić information content (AvgIpc) is 2.93. The Hall–Kier alpha value is -1.40. The number of pyridine rings is 1. The molecule has 0 bridgehead atoms. The molecule has 45 heavy (non-hydrogen) atoms. The zero-order chi connectivity index (χ0) is 29.6. The molecular formula is C37H50Cl4CoN3. The molecule has 0 spiro atoms. The van der Waals surface area contributed by atoms with E-state index in [2.05, 4.69) is 65.8 Å². The molecule has 1 heterocycles. The van der Waals surface area contributed by atoms with Gasteiger partial charge in [0.2, 0.25) is 0 Å². The molecule has 3 nitrogen and oxygen atoms in total. The molecule has 0 radical (unpaired) electrons. The van der Waals surface area contributed by atoms with E-state index in [-0.39, 0.29) is 54.0 Å². The normalized spacial score (nSPS) is 10.7. The molecule has 0 aliphatic heterocycles. The molecular weight excluding hydrogens is 687 g/mol. The van der Waals surface area contributed by atoms with Crippen molar-refractivity contribution < 1.29 is 54.0 Å². The summed E-state index contributed by atoms with van der Waals surface area (Å²) in [5.74, 6) is 0. The first-order valence-corrected chi connectivity index (χ1v) is 16.4. The summed E-state index contributed by atoms with van der Waals surface area (Å²) < 4.78 is 0. The van der Waals surface area contributed by atoms with Crippen LogP contribution in [0.1, 0.15) is 125 Å². The van der Waals surface area contributed by atoms with Crippen molar-refractivity contribution in [3.63, 3.8) is 0 Å². The summed E-state index contributed by atoms with van der Waals surface area (Å²) in [7, 11) is 0. The fourth-order valence-electron chi connectivity index (χ4n) is 5.63. The minimum atomic E-state index is 0. The number of hydrogen-bond donors (Lipinski definition) is 0. The molecule has 2 aromatic carbocycles. The fraction of sp³-hybridized carbons (Fsp3) is 0.486. The third kappa shape index (κ3) is 14.1. The van der Waals surface area contributed by atoms with Crippen LogP contribution in [-0.4, -0.2) is 17.4 Å². The molecule has 0 unspecified atom stereocenters. The van der Waals surface area contributed by atoms with Crippen LogP contribution in [0.15, 0.2) is 46.4 Å². The minimum Gasteiger partial charge on any atom is -1.00 e. The molecule has 0 aliphatic rings. The van der Waals surface area contributed by atoms with Crippen LogP contribution in [0.25, 0.3) is 0 Å². The quantitative estimate of drug-likeness (QED) is 0.208. The van der Waals surface area contributed by atoms with Crippen LogP contribution in [0, 0.1) is 0 Å². The maximum absolute atomic E-state index is 6.59. The Kier molecular flexibility index (Phi) is 25.1. The molecule has 1 aromatic heterocycles. The number of aryl methyl sites for hydroxylation is 6. The summed E-state index contributed by atoms with van der Waals surface area (Å²) in [6, 6.07) is 13.2. The Bertz CT molecular complexity index is 1190. The van der Waals surface area contributed by atoms with Crippen molar-refractivity contribution in [1.82, 2.24) is 4.98 Å². The van der Waals surface area contributed by atoms with Crippen LogP contribution in [0.5, 0.6) is 0 Å². The minimum absolute atomic E-state index is 0. The van der Waals surface area contributed by atoms with Gasteiger partial charge in [-0.1, -0.05) is 116 Å². The van der Waals surface area contributed by atoms with Crippen molar-refractivity contribution in [2.45, 2.75) is 119 Å². The van der Waals surface area contributed by atoms with E-state index >= 15 is 0 Å². The second kappa shape index (κ2) is 24.7. The predicted octanol–water partition coefficient (Wildman–Crippen LogP) is 1.96. The molecule has 8 heteroatoms. The summed E-state index contributed by atoms with van der Waals surface area (Å²) in [6.45, 7) is 13.4. The number of nitrogens with zero attached hydrogens (tertiary/aromatic N) is 3. The number of halogens is 4. The van der Waals surface area contributed by atoms with E-state index in [1.807, 2.05) is 24.6 Å². The number of benzene rings is 2. The fourth-order valence-corrected chi connectivity index (χ4v) is 5.86. The van der Waals surface area contributed by atoms with Crippen LogP contribution < -0.4 is 37.2 Å². The van der Waals surface area contributed by atoms with Crippen LogP contribution in [0.4, 0.5) is 11.4 Å². The van der Waals surface area contributed by atoms with Gasteiger partial charge < -0.3 is 37.2 Å². The second-order valence-electron chi connectivity index (χ2n) is 11.2. The molecule has 0 amide bonds. The van der Waals surface area contributed by atoms with Gasteiger partial charge >= 0.3 is 16.8 Å². The summed E-state index contributed by atoms with van der Waals surface area (Å²) in [5.41, 5.74) is 11.9. The molecule has 0 atom stereocenters. The maximum atomic E-state index is 6.59. The topological polar surface area (TPSA) is 37.6 Å². The van der Waals surface area contributed by atoms with E-state index in [0.717, 1.165) is 99.8 Å². The van der Waals surface area contributed by atoms with Crippen molar-refractivity contribution in [3.05, 3.63) is 86.2 Å². The molecule has 3 rings (SSSR count). The Labute approximate surface area is 307 Å². The number of hydrogen-bond acceptors (Lipinski definition) is 3. The Morgan fingerprint density at radius 3 is 1.07 bits per heavy atom. The Balaban J connectivity index is 0. The van der Waals surface area contributed by atoms with Gasteiger partial charge in [-0.25, -0.2) is 4.98 Å². The number of aliphatic imine (C=N–C) groups is 2. The molecule has 3 aromatic rings. The zero-order valence-electron chi connectivity index (χ0n) is 27.8. The van der Waals surface area contributed by atoms with Gasteiger partial charge in [0.15, 0.2) is 0 Å². The second-order valence-corrected chi connectivity index (χ2v) is 11.6. The maximum Gasteiger partial charge on any atom is 3.00 e. The van der Waals surface area contributed by atoms with Gasteiger partial charge in [-0.15, -0.1) is 0 Å². The summed E-state index contributed by atoms with van der Waals surface area (Å²) in [6.07, 6.45) is 16.8. The Morgan fingerprint density at radius 1 is 0.511 bits per heavy atom. The van der Waals surface area contributed by atoms with Gasteiger partial charge in [-0.05, 0) is 84.0 Å². The van der Waals surface area contributed by atoms with Gasteiger partial charge in [0.25, 0.3) is 0 Å². The standard InChI is InChI=1S/C37H50ClN3.3ClH.Co/c1-7-13-27-19-29(15-9-3)36(30(20-27)16-10-4)39-25-34-23-33(38)24-35(41-34)26-40-37-31(17-11-5)21-28(14-8-2)22-32(37)18-12-6;;;;/h19-26H,7-18H2,1-6H3;3*1H;/q;;;;+3/p-3. The van der Waals surface area contributed by atoms with Gasteiger partial charge in [0, 0.05) is 5.02 Å². The summed E-state index contributed by atoms with van der Waals surface area (Å²) in [5, 5.41) is 0.643. The van der Waals surface area contributed by atoms with E-state index in [0.29, 0.717) is 5.02 Å². The number of rotatable bonds is 16. The van der Waals surface area contributed by atoms with Crippen molar-refractivity contribution >= 4 is 35.4 Å². The third-order valence-corrected chi connectivity index (χ3v) is 7.51. The molecule has 0 saturated heterocycles. The molecule has 0 N–H and O–H groups in total. The third-order valence-electron chi connectivity index (χ3n) is 7.29. The first-order valence-electron chi connectivity index (χ1n) is 16.0. The van der Waals surface area contributed by atoms with Crippen molar-refractivity contribution in [2.75, 3.05) is 0 Å². The van der Waals surface area contributed by atoms with E-state index in [4.69, 9.17) is 26.6 Å². The summed E-state index contributed by atoms with van der Waals surface area (Å²) >= 11 is 6.59. The molecule has 0 saturated carbocycles. The summed E-state index contributed by atoms with van der Waals surface area (Å²) in [4.78, 5) is 14.9. The van der Waals surface area contributed by atoms with Gasteiger partial charge in [-0.2, -0.15) is 0 Å². The largest absolute Gasteiger partial charge is 3.00 e. The van der Waals surface area contributed by atoms with Gasteiger partial charge in [-0.3, -0.25) is 9.98 Å². The van der Waals surface area contributed by atoms with E-state index in [1.54, 1.807) is 0 Å². The van der Waals surface area contributed by atoms with E-state index in [9.17, 15) is 0 Å². The van der Waals surface area contributed by atoms with Crippen LogP contribution >= 0.6 is 11.6 Å². The van der Waals surface area contributed by atoms with Gasteiger partial charge in [0.1, 0.15) is 0 Å². The first-order chi connectivity index (χ1) is 20.0. The van der Waals surface area contributed by atoms with Crippen LogP contribution in [0.2, 0.25) is 5.02 Å². The van der Waals surface area contributed by atoms with Crippen LogP contribution in [0.3, 0.4) is 0 Å². The van der Waals surface area contributed by atoms with E-state index < -0.39 is 0 Å². The molecule has 0 aliphatic carbocycles. The van der Waals surface area contributed by atoms with Crippen molar-refractivity contribution in [1.29, 1.82) is 0 Å². The predicted molar refractivity (Wildman–Crippen MR) is 181 cm³/mol. The zero-order valence-corrected chi connectivity index (χ0v) is 31.9. The monoisotopic (exact) mass is 735 g/mol. The van der Waals surface area contributed by atoms with Crippen molar-refractivity contribution in [3.8, 4) is 0 Å². The smallest absolute Gasteiger partial charge is 1.00 e.